The van der Waals surface area contributed by atoms with Crippen molar-refractivity contribution >= 4 is 11.9 Å². The van der Waals surface area contributed by atoms with Gasteiger partial charge in [0.15, 0.2) is 0 Å². The molecular formula is C15H21N5O. The number of nitrogens with two attached hydrogens (primary N) is 1. The van der Waals surface area contributed by atoms with Gasteiger partial charge < -0.3 is 15.4 Å². The van der Waals surface area contributed by atoms with Gasteiger partial charge in [0.2, 0.25) is 11.9 Å². The highest BCUT2D eigenvalue weighted by Gasteiger charge is 2.09. The van der Waals surface area contributed by atoms with Crippen molar-refractivity contribution in [3.63, 3.8) is 0 Å². The van der Waals surface area contributed by atoms with Crippen molar-refractivity contribution in [3.8, 4) is 6.01 Å². The Labute approximate surface area is 125 Å². The highest BCUT2D eigenvalue weighted by Crippen LogP contribution is 2.13. The van der Waals surface area contributed by atoms with Crippen LogP contribution in [0.4, 0.5) is 11.9 Å². The van der Waals surface area contributed by atoms with Gasteiger partial charge in [0.05, 0.1) is 6.61 Å². The summed E-state index contributed by atoms with van der Waals surface area (Å²) in [6.45, 7) is 3.38. The summed E-state index contributed by atoms with van der Waals surface area (Å²) < 4.78 is 5.42. The number of anilines is 2. The summed E-state index contributed by atoms with van der Waals surface area (Å²) >= 11 is 0. The molecule has 2 rings (SSSR count). The SMILES string of the molecule is CCCOc1nc(N)nc(N(C)CCc2ccccc2)n1. The summed E-state index contributed by atoms with van der Waals surface area (Å²) in [7, 11) is 1.93. The van der Waals surface area contributed by atoms with Crippen molar-refractivity contribution in [2.75, 3.05) is 30.8 Å². The molecule has 0 aliphatic carbocycles. The predicted molar refractivity (Wildman–Crippen MR) is 83.4 cm³/mol. The highest BCUT2D eigenvalue weighted by atomic mass is 16.5. The first-order valence-corrected chi connectivity index (χ1v) is 7.08. The number of nitrogens with zero attached hydrogens (tertiary/aromatic N) is 4. The molecule has 1 heterocycles. The van der Waals surface area contributed by atoms with Gasteiger partial charge in [-0.05, 0) is 18.4 Å². The molecule has 0 saturated heterocycles. The molecule has 0 unspecified atom stereocenters. The van der Waals surface area contributed by atoms with E-state index in [1.165, 1.54) is 5.56 Å². The second kappa shape index (κ2) is 7.42. The molecule has 1 aromatic heterocycles. The molecule has 0 aliphatic rings. The van der Waals surface area contributed by atoms with Gasteiger partial charge in [-0.25, -0.2) is 0 Å². The van der Waals surface area contributed by atoms with Gasteiger partial charge in [-0.1, -0.05) is 37.3 Å². The molecule has 2 aromatic rings. The van der Waals surface area contributed by atoms with Crippen LogP contribution in [-0.2, 0) is 6.42 Å². The van der Waals surface area contributed by atoms with E-state index in [4.69, 9.17) is 10.5 Å². The van der Waals surface area contributed by atoms with Crippen LogP contribution in [0.5, 0.6) is 6.01 Å². The van der Waals surface area contributed by atoms with Crippen LogP contribution in [0.15, 0.2) is 30.3 Å². The maximum absolute atomic E-state index is 5.71. The number of benzene rings is 1. The fraction of sp³-hybridized carbons (Fsp3) is 0.400. The Morgan fingerprint density at radius 1 is 1.14 bits per heavy atom. The zero-order valence-electron chi connectivity index (χ0n) is 12.5. The number of ether oxygens (including phenoxy) is 1. The summed E-state index contributed by atoms with van der Waals surface area (Å²) in [6.07, 6.45) is 1.80. The fourth-order valence-corrected chi connectivity index (χ4v) is 1.83. The van der Waals surface area contributed by atoms with Crippen molar-refractivity contribution in [1.29, 1.82) is 0 Å². The third-order valence-corrected chi connectivity index (χ3v) is 2.98. The van der Waals surface area contributed by atoms with Gasteiger partial charge in [0.25, 0.3) is 0 Å². The van der Waals surface area contributed by atoms with Crippen LogP contribution in [0.25, 0.3) is 0 Å². The number of likely N-dealkylation sites (N-methyl/N-ethyl adjacent to an activating group) is 1. The van der Waals surface area contributed by atoms with E-state index in [1.807, 2.05) is 37.1 Å². The first-order chi connectivity index (χ1) is 10.2. The average molecular weight is 287 g/mol. The Hall–Kier alpha value is -2.37. The van der Waals surface area contributed by atoms with E-state index < -0.39 is 0 Å². The minimum atomic E-state index is 0.178. The summed E-state index contributed by atoms with van der Waals surface area (Å²) in [5.41, 5.74) is 6.98. The Morgan fingerprint density at radius 3 is 2.62 bits per heavy atom. The number of aromatic nitrogens is 3. The average Bonchev–Trinajstić information content (AvgIpc) is 2.51. The molecule has 0 aliphatic heterocycles. The second-order valence-electron chi connectivity index (χ2n) is 4.78. The standard InChI is InChI=1S/C15H21N5O/c1-3-11-21-15-18-13(16)17-14(19-15)20(2)10-9-12-7-5-4-6-8-12/h4-8H,3,9-11H2,1-2H3,(H2,16,17,18,19). The van der Waals surface area contributed by atoms with Crippen LogP contribution >= 0.6 is 0 Å². The zero-order chi connectivity index (χ0) is 15.1. The first kappa shape index (κ1) is 15.0. The number of hydrogen-bond acceptors (Lipinski definition) is 6. The van der Waals surface area contributed by atoms with Gasteiger partial charge in [0.1, 0.15) is 0 Å². The lowest BCUT2D eigenvalue weighted by molar-refractivity contribution is 0.292. The van der Waals surface area contributed by atoms with Crippen LogP contribution in [0.2, 0.25) is 0 Å². The third-order valence-electron chi connectivity index (χ3n) is 2.98. The number of nitrogen functional groups attached to an aromatic ring is 1. The Bertz CT molecular complexity index is 561. The summed E-state index contributed by atoms with van der Waals surface area (Å²) in [5.74, 6) is 0.710. The molecule has 2 N–H and O–H groups in total. The Morgan fingerprint density at radius 2 is 1.90 bits per heavy atom. The van der Waals surface area contributed by atoms with Gasteiger partial charge in [0, 0.05) is 13.6 Å². The minimum Gasteiger partial charge on any atom is -0.463 e. The maximum atomic E-state index is 5.71. The molecular weight excluding hydrogens is 266 g/mol. The van der Waals surface area contributed by atoms with Crippen molar-refractivity contribution in [3.05, 3.63) is 35.9 Å². The monoisotopic (exact) mass is 287 g/mol. The third kappa shape index (κ3) is 4.59. The summed E-state index contributed by atoms with van der Waals surface area (Å²) in [4.78, 5) is 14.4. The van der Waals surface area contributed by atoms with E-state index in [0.717, 1.165) is 19.4 Å². The predicted octanol–water partition coefficient (Wildman–Crippen LogP) is 1.92. The minimum absolute atomic E-state index is 0.178. The van der Waals surface area contributed by atoms with E-state index in [-0.39, 0.29) is 12.0 Å². The van der Waals surface area contributed by atoms with E-state index >= 15 is 0 Å². The Kier molecular flexibility index (Phi) is 5.31. The topological polar surface area (TPSA) is 77.2 Å². The number of hydrogen-bond donors (Lipinski definition) is 1. The van der Waals surface area contributed by atoms with Gasteiger partial charge in [-0.15, -0.1) is 0 Å². The molecule has 112 valence electrons. The quantitative estimate of drug-likeness (QED) is 0.838. The molecule has 0 bridgehead atoms. The van der Waals surface area contributed by atoms with Crippen LogP contribution in [-0.4, -0.2) is 35.2 Å². The maximum Gasteiger partial charge on any atom is 0.323 e. The summed E-state index contributed by atoms with van der Waals surface area (Å²) in [5, 5.41) is 0. The van der Waals surface area contributed by atoms with E-state index in [2.05, 4.69) is 27.1 Å². The molecule has 6 heteroatoms. The van der Waals surface area contributed by atoms with Gasteiger partial charge >= 0.3 is 6.01 Å². The van der Waals surface area contributed by atoms with Crippen molar-refractivity contribution < 1.29 is 4.74 Å². The smallest absolute Gasteiger partial charge is 0.323 e. The molecule has 0 spiro atoms. The largest absolute Gasteiger partial charge is 0.463 e. The Balaban J connectivity index is 2.01. The van der Waals surface area contributed by atoms with Crippen LogP contribution in [0, 0.1) is 0 Å². The van der Waals surface area contributed by atoms with Gasteiger partial charge in [-0.3, -0.25) is 0 Å². The first-order valence-electron chi connectivity index (χ1n) is 7.08. The molecule has 0 radical (unpaired) electrons. The molecule has 0 saturated carbocycles. The van der Waals surface area contributed by atoms with E-state index in [0.29, 0.717) is 12.6 Å². The lowest BCUT2D eigenvalue weighted by Crippen LogP contribution is -2.23. The second-order valence-corrected chi connectivity index (χ2v) is 4.78. The molecule has 6 nitrogen and oxygen atoms in total. The van der Waals surface area contributed by atoms with Crippen molar-refractivity contribution in [2.45, 2.75) is 19.8 Å². The van der Waals surface area contributed by atoms with Gasteiger partial charge in [-0.2, -0.15) is 15.0 Å². The van der Waals surface area contributed by atoms with Crippen molar-refractivity contribution in [1.82, 2.24) is 15.0 Å². The van der Waals surface area contributed by atoms with Crippen LogP contribution in [0.3, 0.4) is 0 Å². The van der Waals surface area contributed by atoms with Crippen molar-refractivity contribution in [2.24, 2.45) is 0 Å². The molecule has 21 heavy (non-hydrogen) atoms. The number of rotatable bonds is 7. The lowest BCUT2D eigenvalue weighted by atomic mass is 10.1. The molecule has 1 aromatic carbocycles. The molecule has 0 amide bonds. The highest BCUT2D eigenvalue weighted by molar-refractivity contribution is 5.35. The molecule has 0 atom stereocenters. The summed E-state index contributed by atoms with van der Waals surface area (Å²) in [6, 6.07) is 10.6. The molecule has 0 fully saturated rings. The zero-order valence-corrected chi connectivity index (χ0v) is 12.5. The van der Waals surface area contributed by atoms with E-state index in [9.17, 15) is 0 Å². The van der Waals surface area contributed by atoms with E-state index in [1.54, 1.807) is 0 Å². The normalized spacial score (nSPS) is 10.4. The lowest BCUT2D eigenvalue weighted by Gasteiger charge is -2.17. The fourth-order valence-electron chi connectivity index (χ4n) is 1.83. The van der Waals surface area contributed by atoms with Crippen LogP contribution in [0.1, 0.15) is 18.9 Å². The van der Waals surface area contributed by atoms with Crippen LogP contribution < -0.4 is 15.4 Å².